The number of esters is 1. The van der Waals surface area contributed by atoms with E-state index in [0.717, 1.165) is 7.11 Å². The molecule has 4 nitrogen and oxygen atoms in total. The van der Waals surface area contributed by atoms with Gasteiger partial charge < -0.3 is 16.2 Å². The van der Waals surface area contributed by atoms with Crippen molar-refractivity contribution >= 4 is 17.6 Å². The van der Waals surface area contributed by atoms with E-state index < -0.39 is 17.1 Å². The van der Waals surface area contributed by atoms with E-state index in [-0.39, 0.29) is 6.42 Å². The first-order valence-corrected chi connectivity index (χ1v) is 4.28. The molecule has 0 aliphatic rings. The molecule has 6 heteroatoms. The Labute approximate surface area is 81.4 Å². The minimum absolute atomic E-state index is 0.0703. The third-order valence-electron chi connectivity index (χ3n) is 1.75. The van der Waals surface area contributed by atoms with E-state index >= 15 is 0 Å². The molecule has 0 saturated heterocycles. The lowest BCUT2D eigenvalue weighted by Gasteiger charge is -2.26. The van der Waals surface area contributed by atoms with Gasteiger partial charge in [-0.15, -0.1) is 0 Å². The molecule has 0 aromatic rings. The number of ether oxygens (including phenoxy) is 1. The van der Waals surface area contributed by atoms with Gasteiger partial charge in [0.05, 0.1) is 7.11 Å². The third kappa shape index (κ3) is 3.10. The van der Waals surface area contributed by atoms with Crippen LogP contribution >= 0.6 is 11.6 Å². The molecule has 2 atom stereocenters. The Kier molecular flexibility index (Phi) is 5.20. The summed E-state index contributed by atoms with van der Waals surface area (Å²) in [5, 5.41) is 0. The van der Waals surface area contributed by atoms with Gasteiger partial charge in [0, 0.05) is 0 Å². The van der Waals surface area contributed by atoms with Crippen molar-refractivity contribution in [3.63, 3.8) is 0 Å². The maximum atomic E-state index is 12.8. The maximum Gasteiger partial charge on any atom is 0.330 e. The standard InChI is InChI=1S/C7H14ClFN2O2/c1-13-6(12)7(11,5(8)9)3-2-4-10/h5H,2-4,10-11H2,1H3/t5?,7-/m1/s1. The lowest BCUT2D eigenvalue weighted by Crippen LogP contribution is -2.54. The number of rotatable bonds is 5. The van der Waals surface area contributed by atoms with Crippen molar-refractivity contribution in [1.29, 1.82) is 0 Å². The number of carbonyl (C=O) groups is 1. The zero-order chi connectivity index (χ0) is 10.5. The highest BCUT2D eigenvalue weighted by atomic mass is 35.5. The van der Waals surface area contributed by atoms with Crippen LogP contribution in [0.2, 0.25) is 0 Å². The summed E-state index contributed by atoms with van der Waals surface area (Å²) in [6.07, 6.45) is 0.486. The van der Waals surface area contributed by atoms with Gasteiger partial charge in [-0.25, -0.2) is 9.18 Å². The fraction of sp³-hybridized carbons (Fsp3) is 0.857. The summed E-state index contributed by atoms with van der Waals surface area (Å²) in [5.41, 5.74) is 6.90. The molecule has 0 aromatic carbocycles. The zero-order valence-electron chi connectivity index (χ0n) is 7.43. The molecule has 0 heterocycles. The summed E-state index contributed by atoms with van der Waals surface area (Å²) in [7, 11) is 1.13. The Morgan fingerprint density at radius 1 is 1.77 bits per heavy atom. The Morgan fingerprint density at radius 3 is 2.62 bits per heavy atom. The fourth-order valence-electron chi connectivity index (χ4n) is 0.885. The summed E-state index contributed by atoms with van der Waals surface area (Å²) in [4.78, 5) is 11.1. The van der Waals surface area contributed by atoms with Crippen LogP contribution in [0.5, 0.6) is 0 Å². The molecular weight excluding hydrogens is 199 g/mol. The maximum absolute atomic E-state index is 12.8. The summed E-state index contributed by atoms with van der Waals surface area (Å²) >= 11 is 5.16. The zero-order valence-corrected chi connectivity index (χ0v) is 8.18. The van der Waals surface area contributed by atoms with E-state index in [1.807, 2.05) is 0 Å². The molecule has 0 aromatic heterocycles. The summed E-state index contributed by atoms with van der Waals surface area (Å²) in [5.74, 6) is -0.858. The monoisotopic (exact) mass is 212 g/mol. The van der Waals surface area contributed by atoms with Crippen molar-refractivity contribution in [1.82, 2.24) is 0 Å². The van der Waals surface area contributed by atoms with Gasteiger partial charge >= 0.3 is 5.97 Å². The molecule has 0 aliphatic heterocycles. The van der Waals surface area contributed by atoms with Gasteiger partial charge in [0.2, 0.25) is 5.63 Å². The highest BCUT2D eigenvalue weighted by molar-refractivity contribution is 6.22. The number of nitrogens with two attached hydrogens (primary N) is 2. The molecule has 0 radical (unpaired) electrons. The van der Waals surface area contributed by atoms with Crippen molar-refractivity contribution in [3.8, 4) is 0 Å². The van der Waals surface area contributed by atoms with Crippen molar-refractivity contribution in [3.05, 3.63) is 0 Å². The highest BCUT2D eigenvalue weighted by Crippen LogP contribution is 2.22. The molecule has 0 aliphatic carbocycles. The Hall–Kier alpha value is -0.390. The second-order valence-corrected chi connectivity index (χ2v) is 3.11. The average Bonchev–Trinajstić information content (AvgIpc) is 2.12. The van der Waals surface area contributed by atoms with E-state index in [1.165, 1.54) is 0 Å². The molecule has 0 rings (SSSR count). The number of alkyl halides is 2. The number of hydrogen-bond donors (Lipinski definition) is 2. The normalized spacial score (nSPS) is 17.6. The first kappa shape index (κ1) is 12.6. The van der Waals surface area contributed by atoms with E-state index in [1.54, 1.807) is 0 Å². The molecule has 0 bridgehead atoms. The van der Waals surface area contributed by atoms with Crippen LogP contribution in [-0.2, 0) is 9.53 Å². The van der Waals surface area contributed by atoms with Gasteiger partial charge in [-0.05, 0) is 19.4 Å². The third-order valence-corrected chi connectivity index (χ3v) is 2.14. The van der Waals surface area contributed by atoms with Crippen LogP contribution in [-0.4, -0.2) is 30.8 Å². The van der Waals surface area contributed by atoms with Crippen molar-refractivity contribution in [2.24, 2.45) is 11.5 Å². The Balaban J connectivity index is 4.43. The van der Waals surface area contributed by atoms with Crippen LogP contribution in [0.1, 0.15) is 12.8 Å². The first-order chi connectivity index (χ1) is 5.99. The highest BCUT2D eigenvalue weighted by Gasteiger charge is 2.42. The smallest absolute Gasteiger partial charge is 0.330 e. The van der Waals surface area contributed by atoms with Gasteiger partial charge in [0.15, 0.2) is 5.54 Å². The predicted molar refractivity (Wildman–Crippen MR) is 48.0 cm³/mol. The molecule has 13 heavy (non-hydrogen) atoms. The van der Waals surface area contributed by atoms with Crippen LogP contribution in [0.25, 0.3) is 0 Å². The minimum atomic E-state index is -1.97. The summed E-state index contributed by atoms with van der Waals surface area (Å²) in [6.45, 7) is 0.319. The van der Waals surface area contributed by atoms with Crippen LogP contribution in [0, 0.1) is 0 Å². The second kappa shape index (κ2) is 5.36. The van der Waals surface area contributed by atoms with Gasteiger partial charge in [0.25, 0.3) is 0 Å². The van der Waals surface area contributed by atoms with Crippen LogP contribution in [0.4, 0.5) is 4.39 Å². The Bertz CT molecular complexity index is 180. The molecule has 0 spiro atoms. The number of halogens is 2. The largest absolute Gasteiger partial charge is 0.468 e. The molecule has 0 amide bonds. The molecule has 0 fully saturated rings. The van der Waals surface area contributed by atoms with Crippen molar-refractivity contribution in [2.75, 3.05) is 13.7 Å². The van der Waals surface area contributed by atoms with E-state index in [4.69, 9.17) is 23.1 Å². The lowest BCUT2D eigenvalue weighted by molar-refractivity contribution is -0.148. The number of carbonyl (C=O) groups excluding carboxylic acids is 1. The van der Waals surface area contributed by atoms with E-state index in [9.17, 15) is 9.18 Å². The minimum Gasteiger partial charge on any atom is -0.468 e. The quantitative estimate of drug-likeness (QED) is 0.502. The van der Waals surface area contributed by atoms with Gasteiger partial charge in [-0.3, -0.25) is 0 Å². The van der Waals surface area contributed by atoms with Crippen LogP contribution < -0.4 is 11.5 Å². The lowest BCUT2D eigenvalue weighted by atomic mass is 9.96. The van der Waals surface area contributed by atoms with Crippen LogP contribution in [0.15, 0.2) is 0 Å². The number of methoxy groups -OCH3 is 1. The molecule has 1 unspecified atom stereocenters. The van der Waals surface area contributed by atoms with Gasteiger partial charge in [0.1, 0.15) is 0 Å². The molecule has 4 N–H and O–H groups in total. The molecule has 78 valence electrons. The predicted octanol–water partition coefficient (Wildman–Crippen LogP) is 0.130. The van der Waals surface area contributed by atoms with Gasteiger partial charge in [-0.2, -0.15) is 0 Å². The van der Waals surface area contributed by atoms with Gasteiger partial charge in [-0.1, -0.05) is 11.6 Å². The van der Waals surface area contributed by atoms with Crippen LogP contribution in [0.3, 0.4) is 0 Å². The SMILES string of the molecule is COC(=O)[C@@](N)(CCCN)C(F)Cl. The van der Waals surface area contributed by atoms with E-state index in [2.05, 4.69) is 4.74 Å². The summed E-state index contributed by atoms with van der Waals surface area (Å²) in [6, 6.07) is 0. The topological polar surface area (TPSA) is 78.3 Å². The second-order valence-electron chi connectivity index (χ2n) is 2.72. The van der Waals surface area contributed by atoms with Crippen molar-refractivity contribution in [2.45, 2.75) is 24.0 Å². The number of hydrogen-bond acceptors (Lipinski definition) is 4. The molecule has 0 saturated carbocycles. The fourth-order valence-corrected chi connectivity index (χ4v) is 1.08. The Morgan fingerprint density at radius 2 is 2.31 bits per heavy atom. The first-order valence-electron chi connectivity index (χ1n) is 3.84. The average molecular weight is 213 g/mol. The summed E-state index contributed by atoms with van der Waals surface area (Å²) < 4.78 is 17.2. The molecular formula is C7H14ClFN2O2. The van der Waals surface area contributed by atoms with E-state index in [0.29, 0.717) is 13.0 Å². The van der Waals surface area contributed by atoms with Crippen molar-refractivity contribution < 1.29 is 13.9 Å².